The normalized spacial score (nSPS) is 12.3. The lowest BCUT2D eigenvalue weighted by Crippen LogP contribution is -2.30. The Bertz CT molecular complexity index is 1030. The van der Waals surface area contributed by atoms with Crippen molar-refractivity contribution < 1.29 is 18.7 Å². The fraction of sp³-hybridized carbons (Fsp3) is 0.118. The molecule has 1 unspecified atom stereocenters. The highest BCUT2D eigenvalue weighted by Gasteiger charge is 2.19. The summed E-state index contributed by atoms with van der Waals surface area (Å²) >= 11 is 0. The molecule has 0 bridgehead atoms. The van der Waals surface area contributed by atoms with Crippen LogP contribution in [0.2, 0.25) is 0 Å². The molecular weight excluding hydrogens is 332 g/mol. The van der Waals surface area contributed by atoms with Crippen LogP contribution < -0.4 is 11.3 Å². The molecule has 3 N–H and O–H groups in total. The Balaban J connectivity index is 2.10. The Hall–Kier alpha value is -3.13. The third kappa shape index (κ3) is 3.11. The summed E-state index contributed by atoms with van der Waals surface area (Å²) in [6.45, 7) is -0.468. The van der Waals surface area contributed by atoms with E-state index in [9.17, 15) is 23.5 Å². The smallest absolute Gasteiger partial charge is 0.274 e. The second kappa shape index (κ2) is 6.40. The van der Waals surface area contributed by atoms with Crippen molar-refractivity contribution in [1.29, 1.82) is 0 Å². The zero-order valence-electron chi connectivity index (χ0n) is 12.8. The van der Waals surface area contributed by atoms with Gasteiger partial charge in [-0.1, -0.05) is 18.2 Å². The molecule has 1 aromatic heterocycles. The average Bonchev–Trinajstić information content (AvgIpc) is 2.59. The Morgan fingerprint density at radius 2 is 1.88 bits per heavy atom. The van der Waals surface area contributed by atoms with Crippen molar-refractivity contribution in [3.8, 4) is 0 Å². The molecule has 0 radical (unpaired) electrons. The molecule has 1 atom stereocenters. The van der Waals surface area contributed by atoms with Gasteiger partial charge in [0.15, 0.2) is 5.69 Å². The first kappa shape index (κ1) is 16.7. The molecular formula is C17H13F2N3O3. The van der Waals surface area contributed by atoms with Crippen molar-refractivity contribution in [3.63, 3.8) is 0 Å². The molecule has 3 aromatic rings. The van der Waals surface area contributed by atoms with Crippen molar-refractivity contribution in [1.82, 2.24) is 9.78 Å². The van der Waals surface area contributed by atoms with E-state index >= 15 is 0 Å². The molecule has 0 saturated heterocycles. The van der Waals surface area contributed by atoms with Gasteiger partial charge in [0.25, 0.3) is 11.5 Å². The maximum Gasteiger partial charge on any atom is 0.274 e. The number of primary amides is 1. The standard InChI is InChI=1S/C17H13F2N3O3/c18-9-5-6-13(19)12(7-9)14(23)8-22-17(25)11-4-2-1-3-10(11)15(21-22)16(20)24/h1-7,14,23H,8H2,(H2,20,24). The van der Waals surface area contributed by atoms with Gasteiger partial charge < -0.3 is 10.8 Å². The molecule has 1 amide bonds. The van der Waals surface area contributed by atoms with E-state index in [4.69, 9.17) is 5.73 Å². The number of aromatic nitrogens is 2. The zero-order chi connectivity index (χ0) is 18.1. The number of hydrogen-bond donors (Lipinski definition) is 2. The van der Waals surface area contributed by atoms with E-state index in [0.29, 0.717) is 0 Å². The Labute approximate surface area is 140 Å². The van der Waals surface area contributed by atoms with Gasteiger partial charge in [0, 0.05) is 10.9 Å². The molecule has 0 spiro atoms. The Kier molecular flexibility index (Phi) is 4.28. The van der Waals surface area contributed by atoms with Crippen LogP contribution in [-0.4, -0.2) is 20.8 Å². The Morgan fingerprint density at radius 3 is 2.56 bits per heavy atom. The molecule has 128 valence electrons. The highest BCUT2D eigenvalue weighted by atomic mass is 19.1. The summed E-state index contributed by atoms with van der Waals surface area (Å²) in [7, 11) is 0. The molecule has 0 fully saturated rings. The number of carbonyl (C=O) groups excluding carboxylic acids is 1. The number of fused-ring (bicyclic) bond motifs is 1. The van der Waals surface area contributed by atoms with Gasteiger partial charge in [-0.05, 0) is 24.3 Å². The van der Waals surface area contributed by atoms with Gasteiger partial charge in [0.05, 0.1) is 11.9 Å². The average molecular weight is 345 g/mol. The van der Waals surface area contributed by atoms with Gasteiger partial charge in [-0.25, -0.2) is 13.5 Å². The van der Waals surface area contributed by atoms with Gasteiger partial charge in [-0.3, -0.25) is 9.59 Å². The fourth-order valence-corrected chi connectivity index (χ4v) is 2.57. The monoisotopic (exact) mass is 345 g/mol. The molecule has 2 aromatic carbocycles. The van der Waals surface area contributed by atoms with Gasteiger partial charge >= 0.3 is 0 Å². The van der Waals surface area contributed by atoms with Crippen molar-refractivity contribution in [2.24, 2.45) is 5.73 Å². The van der Waals surface area contributed by atoms with E-state index in [-0.39, 0.29) is 22.0 Å². The summed E-state index contributed by atoms with van der Waals surface area (Å²) in [6.07, 6.45) is -1.54. The number of aliphatic hydroxyl groups is 1. The number of benzene rings is 2. The van der Waals surface area contributed by atoms with E-state index in [2.05, 4.69) is 5.10 Å². The maximum absolute atomic E-state index is 13.8. The number of halogens is 2. The third-order valence-electron chi connectivity index (χ3n) is 3.76. The summed E-state index contributed by atoms with van der Waals surface area (Å²) < 4.78 is 27.9. The molecule has 6 nitrogen and oxygen atoms in total. The summed E-state index contributed by atoms with van der Waals surface area (Å²) in [4.78, 5) is 24.1. The molecule has 25 heavy (non-hydrogen) atoms. The van der Waals surface area contributed by atoms with Crippen LogP contribution in [0.4, 0.5) is 8.78 Å². The van der Waals surface area contributed by atoms with Gasteiger partial charge in [-0.2, -0.15) is 5.10 Å². The van der Waals surface area contributed by atoms with Crippen LogP contribution in [0.15, 0.2) is 47.3 Å². The summed E-state index contributed by atoms with van der Waals surface area (Å²) in [5, 5.41) is 14.5. The van der Waals surface area contributed by atoms with E-state index in [1.54, 1.807) is 12.1 Å². The SMILES string of the molecule is NC(=O)c1nn(CC(O)c2cc(F)ccc2F)c(=O)c2ccccc12. The minimum atomic E-state index is -1.54. The van der Waals surface area contributed by atoms with Gasteiger partial charge in [-0.15, -0.1) is 0 Å². The van der Waals surface area contributed by atoms with E-state index < -0.39 is 35.7 Å². The van der Waals surface area contributed by atoms with Crippen molar-refractivity contribution in [2.45, 2.75) is 12.6 Å². The highest BCUT2D eigenvalue weighted by molar-refractivity contribution is 6.03. The lowest BCUT2D eigenvalue weighted by atomic mass is 10.1. The van der Waals surface area contributed by atoms with Crippen LogP contribution in [0.3, 0.4) is 0 Å². The number of nitrogens with two attached hydrogens (primary N) is 1. The molecule has 1 heterocycles. The molecule has 3 rings (SSSR count). The fourth-order valence-electron chi connectivity index (χ4n) is 2.57. The largest absolute Gasteiger partial charge is 0.386 e. The highest BCUT2D eigenvalue weighted by Crippen LogP contribution is 2.20. The first-order chi connectivity index (χ1) is 11.9. The van der Waals surface area contributed by atoms with E-state index in [1.165, 1.54) is 12.1 Å². The van der Waals surface area contributed by atoms with Crippen molar-refractivity contribution in [3.05, 3.63) is 75.7 Å². The maximum atomic E-state index is 13.8. The van der Waals surface area contributed by atoms with Gasteiger partial charge in [0.1, 0.15) is 17.7 Å². The van der Waals surface area contributed by atoms with Crippen LogP contribution in [0.1, 0.15) is 22.2 Å². The van der Waals surface area contributed by atoms with Crippen LogP contribution in [0.5, 0.6) is 0 Å². The zero-order valence-corrected chi connectivity index (χ0v) is 12.8. The van der Waals surface area contributed by atoms with Crippen molar-refractivity contribution in [2.75, 3.05) is 0 Å². The van der Waals surface area contributed by atoms with E-state index in [1.807, 2.05) is 0 Å². The van der Waals surface area contributed by atoms with Crippen LogP contribution >= 0.6 is 0 Å². The summed E-state index contributed by atoms with van der Waals surface area (Å²) in [6, 6.07) is 8.85. The summed E-state index contributed by atoms with van der Waals surface area (Å²) in [5.74, 6) is -2.40. The van der Waals surface area contributed by atoms with Crippen molar-refractivity contribution >= 4 is 16.7 Å². The second-order valence-electron chi connectivity index (χ2n) is 5.43. The molecule has 0 aliphatic heterocycles. The molecule has 0 saturated carbocycles. The number of carbonyl (C=O) groups is 1. The topological polar surface area (TPSA) is 98.2 Å². The first-order valence-electron chi connectivity index (χ1n) is 7.31. The number of hydrogen-bond acceptors (Lipinski definition) is 4. The lowest BCUT2D eigenvalue weighted by Gasteiger charge is -2.14. The predicted octanol–water partition coefficient (Wildman–Crippen LogP) is 1.51. The summed E-state index contributed by atoms with van der Waals surface area (Å²) in [5.41, 5.74) is 4.24. The first-order valence-corrected chi connectivity index (χ1v) is 7.31. The third-order valence-corrected chi connectivity index (χ3v) is 3.76. The van der Waals surface area contributed by atoms with Gasteiger partial charge in [0.2, 0.25) is 0 Å². The molecule has 8 heteroatoms. The number of aliphatic hydroxyl groups excluding tert-OH is 1. The molecule has 0 aliphatic carbocycles. The number of amides is 1. The lowest BCUT2D eigenvalue weighted by molar-refractivity contribution is 0.0991. The minimum Gasteiger partial charge on any atom is -0.386 e. The second-order valence-corrected chi connectivity index (χ2v) is 5.43. The predicted molar refractivity (Wildman–Crippen MR) is 85.8 cm³/mol. The van der Waals surface area contributed by atoms with E-state index in [0.717, 1.165) is 22.9 Å². The quantitative estimate of drug-likeness (QED) is 0.749. The molecule has 0 aliphatic rings. The van der Waals surface area contributed by atoms with Crippen LogP contribution in [0.25, 0.3) is 10.8 Å². The Morgan fingerprint density at radius 1 is 1.20 bits per heavy atom. The van der Waals surface area contributed by atoms with Crippen LogP contribution in [0, 0.1) is 11.6 Å². The minimum absolute atomic E-state index is 0.151. The van der Waals surface area contributed by atoms with Crippen LogP contribution in [-0.2, 0) is 6.54 Å². The number of nitrogens with zero attached hydrogens (tertiary/aromatic N) is 2. The number of rotatable bonds is 4.